The Morgan fingerprint density at radius 1 is 1.36 bits per heavy atom. The lowest BCUT2D eigenvalue weighted by Gasteiger charge is -2.12. The third-order valence-electron chi connectivity index (χ3n) is 3.96. The summed E-state index contributed by atoms with van der Waals surface area (Å²) in [6.07, 6.45) is 1.45. The number of benzene rings is 1. The van der Waals surface area contributed by atoms with Crippen LogP contribution < -0.4 is 10.5 Å². The number of rotatable bonds is 6. The maximum Gasteiger partial charge on any atom is 0.238 e. The number of amides is 1. The van der Waals surface area contributed by atoms with Crippen LogP contribution in [0.1, 0.15) is 13.8 Å². The van der Waals surface area contributed by atoms with Gasteiger partial charge in [0.1, 0.15) is 5.82 Å². The van der Waals surface area contributed by atoms with Crippen molar-refractivity contribution in [2.24, 2.45) is 5.14 Å². The first-order chi connectivity index (χ1) is 13.2. The Kier molecular flexibility index (Phi) is 5.94. The van der Waals surface area contributed by atoms with Gasteiger partial charge in [0.2, 0.25) is 15.9 Å². The van der Waals surface area contributed by atoms with Crippen molar-refractivity contribution in [1.29, 1.82) is 0 Å². The topological polar surface area (TPSA) is 120 Å². The zero-order valence-corrected chi connectivity index (χ0v) is 17.5. The highest BCUT2D eigenvalue weighted by atomic mass is 35.5. The number of sulfonamides is 1. The monoisotopic (exact) mass is 439 g/mol. The summed E-state index contributed by atoms with van der Waals surface area (Å²) in [6.45, 7) is 4.31. The Hall–Kier alpha value is -2.14. The van der Waals surface area contributed by atoms with E-state index in [2.05, 4.69) is 15.3 Å². The second-order valence-electron chi connectivity index (χ2n) is 5.95. The van der Waals surface area contributed by atoms with Crippen molar-refractivity contribution in [2.75, 3.05) is 5.32 Å². The zero-order chi connectivity index (χ0) is 20.5. The second kappa shape index (κ2) is 8.08. The molecule has 3 N–H and O–H groups in total. The van der Waals surface area contributed by atoms with Crippen molar-refractivity contribution in [3.8, 4) is 0 Å². The number of aryl methyl sites for hydroxylation is 1. The SMILES string of the molecule is CCn1c(S[C@H](C)C(=O)Nc2ccc(Cl)cn2)nc2cc(S(N)(=O)=O)ccc21. The van der Waals surface area contributed by atoms with Crippen molar-refractivity contribution in [3.63, 3.8) is 0 Å². The molecule has 1 amide bonds. The number of fused-ring (bicyclic) bond motifs is 1. The Labute approximate surface area is 171 Å². The molecule has 0 fully saturated rings. The van der Waals surface area contributed by atoms with Gasteiger partial charge in [0.05, 0.1) is 26.2 Å². The highest BCUT2D eigenvalue weighted by Crippen LogP contribution is 2.29. The van der Waals surface area contributed by atoms with Gasteiger partial charge in [0, 0.05) is 12.7 Å². The number of anilines is 1. The van der Waals surface area contributed by atoms with Crippen LogP contribution in [0.15, 0.2) is 46.6 Å². The maximum atomic E-state index is 12.5. The van der Waals surface area contributed by atoms with Gasteiger partial charge in [-0.05, 0) is 44.2 Å². The van der Waals surface area contributed by atoms with E-state index in [0.717, 1.165) is 5.52 Å². The molecule has 148 valence electrons. The average molecular weight is 440 g/mol. The summed E-state index contributed by atoms with van der Waals surface area (Å²) >= 11 is 7.06. The summed E-state index contributed by atoms with van der Waals surface area (Å²) in [4.78, 5) is 21.0. The van der Waals surface area contributed by atoms with Gasteiger partial charge in [0.15, 0.2) is 5.16 Å². The number of pyridine rings is 1. The smallest absolute Gasteiger partial charge is 0.238 e. The Bertz CT molecular complexity index is 1130. The summed E-state index contributed by atoms with van der Waals surface area (Å²) in [6, 6.07) is 7.80. The van der Waals surface area contributed by atoms with E-state index in [9.17, 15) is 13.2 Å². The van der Waals surface area contributed by atoms with Crippen LogP contribution in [0.25, 0.3) is 11.0 Å². The third kappa shape index (κ3) is 4.46. The van der Waals surface area contributed by atoms with E-state index in [1.165, 1.54) is 30.1 Å². The molecule has 0 radical (unpaired) electrons. The molecule has 2 heterocycles. The molecule has 8 nitrogen and oxygen atoms in total. The standard InChI is InChI=1S/C17H18ClN5O3S2/c1-3-23-14-6-5-12(28(19,25)26)8-13(14)21-17(23)27-10(2)16(24)22-15-7-4-11(18)9-20-15/h4-10H,3H2,1-2H3,(H2,19,25,26)(H,20,22,24)/t10-/m1/s1. The van der Waals surface area contributed by atoms with Crippen molar-refractivity contribution < 1.29 is 13.2 Å². The summed E-state index contributed by atoms with van der Waals surface area (Å²) in [5.41, 5.74) is 1.27. The second-order valence-corrected chi connectivity index (χ2v) is 9.25. The van der Waals surface area contributed by atoms with E-state index in [1.807, 2.05) is 11.5 Å². The fourth-order valence-corrected chi connectivity index (χ4v) is 4.18. The number of carbonyl (C=O) groups excluding carboxylic acids is 1. The number of hydrogen-bond donors (Lipinski definition) is 2. The summed E-state index contributed by atoms with van der Waals surface area (Å²) < 4.78 is 25.1. The average Bonchev–Trinajstić information content (AvgIpc) is 2.98. The van der Waals surface area contributed by atoms with Crippen LogP contribution in [-0.4, -0.2) is 34.1 Å². The molecule has 0 aliphatic carbocycles. The zero-order valence-electron chi connectivity index (χ0n) is 15.1. The number of primary sulfonamides is 1. The molecule has 0 unspecified atom stereocenters. The minimum Gasteiger partial charge on any atom is -0.319 e. The number of hydrogen-bond acceptors (Lipinski definition) is 6. The lowest BCUT2D eigenvalue weighted by atomic mass is 10.3. The summed E-state index contributed by atoms with van der Waals surface area (Å²) in [7, 11) is -3.82. The number of aromatic nitrogens is 3. The lowest BCUT2D eigenvalue weighted by Crippen LogP contribution is -2.23. The van der Waals surface area contributed by atoms with E-state index < -0.39 is 15.3 Å². The highest BCUT2D eigenvalue weighted by molar-refractivity contribution is 8.00. The molecule has 0 saturated heterocycles. The van der Waals surface area contributed by atoms with Crippen LogP contribution in [0.3, 0.4) is 0 Å². The summed E-state index contributed by atoms with van der Waals surface area (Å²) in [5, 5.41) is 8.55. The quantitative estimate of drug-likeness (QED) is 0.570. The van der Waals surface area contributed by atoms with Gasteiger partial charge in [-0.25, -0.2) is 23.5 Å². The highest BCUT2D eigenvalue weighted by Gasteiger charge is 2.20. The number of thioether (sulfide) groups is 1. The predicted molar refractivity (Wildman–Crippen MR) is 110 cm³/mol. The normalized spacial score (nSPS) is 12.9. The lowest BCUT2D eigenvalue weighted by molar-refractivity contribution is -0.115. The van der Waals surface area contributed by atoms with Gasteiger partial charge in [-0.2, -0.15) is 0 Å². The van der Waals surface area contributed by atoms with E-state index in [0.29, 0.717) is 28.1 Å². The van der Waals surface area contributed by atoms with Gasteiger partial charge >= 0.3 is 0 Å². The van der Waals surface area contributed by atoms with Crippen LogP contribution in [0.4, 0.5) is 5.82 Å². The molecule has 1 atom stereocenters. The molecule has 0 bridgehead atoms. The van der Waals surface area contributed by atoms with Crippen molar-refractivity contribution in [2.45, 2.75) is 35.7 Å². The molecule has 3 rings (SSSR count). The largest absolute Gasteiger partial charge is 0.319 e. The first-order valence-electron chi connectivity index (χ1n) is 8.31. The third-order valence-corrected chi connectivity index (χ3v) is 6.18. The minimum atomic E-state index is -3.82. The Morgan fingerprint density at radius 2 is 2.11 bits per heavy atom. The van der Waals surface area contributed by atoms with Crippen LogP contribution in [0.2, 0.25) is 5.02 Å². The van der Waals surface area contributed by atoms with Crippen LogP contribution in [0.5, 0.6) is 0 Å². The van der Waals surface area contributed by atoms with E-state index >= 15 is 0 Å². The van der Waals surface area contributed by atoms with Gasteiger partial charge in [-0.15, -0.1) is 0 Å². The van der Waals surface area contributed by atoms with Gasteiger partial charge < -0.3 is 9.88 Å². The number of carbonyl (C=O) groups is 1. The number of imidazole rings is 1. The number of halogens is 1. The Morgan fingerprint density at radius 3 is 2.71 bits per heavy atom. The molecule has 28 heavy (non-hydrogen) atoms. The first-order valence-corrected chi connectivity index (χ1v) is 11.1. The number of nitrogens with two attached hydrogens (primary N) is 1. The molecule has 11 heteroatoms. The van der Waals surface area contributed by atoms with Crippen LogP contribution >= 0.6 is 23.4 Å². The molecule has 2 aromatic heterocycles. The molecular weight excluding hydrogens is 422 g/mol. The van der Waals surface area contributed by atoms with Crippen molar-refractivity contribution >= 4 is 56.1 Å². The van der Waals surface area contributed by atoms with Crippen molar-refractivity contribution in [1.82, 2.24) is 14.5 Å². The molecule has 3 aromatic rings. The Balaban J connectivity index is 1.84. The molecule has 0 saturated carbocycles. The van der Waals surface area contributed by atoms with Crippen LogP contribution in [0, 0.1) is 0 Å². The van der Waals surface area contributed by atoms with Gasteiger partial charge in [-0.1, -0.05) is 23.4 Å². The maximum absolute atomic E-state index is 12.5. The molecule has 0 aliphatic rings. The summed E-state index contributed by atoms with van der Waals surface area (Å²) in [5.74, 6) is 0.170. The minimum absolute atomic E-state index is 0.00286. The molecule has 0 spiro atoms. The van der Waals surface area contributed by atoms with Crippen molar-refractivity contribution in [3.05, 3.63) is 41.6 Å². The van der Waals surface area contributed by atoms with Gasteiger partial charge in [-0.3, -0.25) is 4.79 Å². The van der Waals surface area contributed by atoms with Gasteiger partial charge in [0.25, 0.3) is 0 Å². The predicted octanol–water partition coefficient (Wildman–Crippen LogP) is 2.87. The van der Waals surface area contributed by atoms with E-state index in [-0.39, 0.29) is 10.8 Å². The van der Waals surface area contributed by atoms with E-state index in [4.69, 9.17) is 16.7 Å². The molecule has 0 aliphatic heterocycles. The first kappa shape index (κ1) is 20.6. The van der Waals surface area contributed by atoms with Crippen LogP contribution in [-0.2, 0) is 21.4 Å². The van der Waals surface area contributed by atoms with E-state index in [1.54, 1.807) is 25.1 Å². The molecule has 1 aromatic carbocycles. The fraction of sp³-hybridized carbons (Fsp3) is 0.235. The number of nitrogens with zero attached hydrogens (tertiary/aromatic N) is 3. The number of nitrogens with one attached hydrogen (secondary N) is 1. The fourth-order valence-electron chi connectivity index (χ4n) is 2.55. The molecular formula is C17H18ClN5O3S2.